The summed E-state index contributed by atoms with van der Waals surface area (Å²) in [7, 11) is 0. The third kappa shape index (κ3) is 2.48. The zero-order chi connectivity index (χ0) is 16.7. The summed E-state index contributed by atoms with van der Waals surface area (Å²) >= 11 is 3.15. The first-order valence-electron chi connectivity index (χ1n) is 7.64. The second kappa shape index (κ2) is 5.96. The Bertz CT molecular complexity index is 1050. The number of rotatable bonds is 3. The van der Waals surface area contributed by atoms with E-state index in [0.717, 1.165) is 25.8 Å². The van der Waals surface area contributed by atoms with Gasteiger partial charge < -0.3 is 0 Å². The minimum Gasteiger partial charge on any atom is -0.265 e. The predicted molar refractivity (Wildman–Crippen MR) is 100.0 cm³/mol. The van der Waals surface area contributed by atoms with Gasteiger partial charge in [0.25, 0.3) is 5.56 Å². The minimum atomic E-state index is -0.149. The molecule has 120 valence electrons. The van der Waals surface area contributed by atoms with Crippen molar-refractivity contribution in [1.29, 1.82) is 0 Å². The summed E-state index contributed by atoms with van der Waals surface area (Å²) in [6.45, 7) is 3.92. The lowest BCUT2D eigenvalue weighted by Crippen LogP contribution is -2.27. The molecule has 4 nitrogen and oxygen atoms in total. The molecule has 0 fully saturated rings. The maximum absolute atomic E-state index is 12.9. The number of hydrogen-bond acceptors (Lipinski definition) is 5. The second-order valence-electron chi connectivity index (χ2n) is 5.57. The van der Waals surface area contributed by atoms with Crippen LogP contribution in [0.3, 0.4) is 0 Å². The van der Waals surface area contributed by atoms with Crippen LogP contribution < -0.4 is 5.56 Å². The van der Waals surface area contributed by atoms with Crippen LogP contribution in [-0.4, -0.2) is 14.8 Å². The van der Waals surface area contributed by atoms with Crippen molar-refractivity contribution >= 4 is 32.9 Å². The van der Waals surface area contributed by atoms with E-state index in [4.69, 9.17) is 5.10 Å². The number of fused-ring (bicyclic) bond motifs is 1. The molecule has 0 saturated carbocycles. The van der Waals surface area contributed by atoms with Crippen molar-refractivity contribution in [2.75, 3.05) is 0 Å². The number of thiophene rings is 1. The molecule has 0 radical (unpaired) electrons. The highest BCUT2D eigenvalue weighted by Gasteiger charge is 2.20. The molecule has 3 heterocycles. The van der Waals surface area contributed by atoms with Gasteiger partial charge in [-0.1, -0.05) is 36.4 Å². The average molecular weight is 353 g/mol. The molecule has 0 saturated heterocycles. The molecule has 1 atom stereocenters. The smallest absolute Gasteiger partial charge is 0.265 e. The monoisotopic (exact) mass is 353 g/mol. The van der Waals surface area contributed by atoms with E-state index in [-0.39, 0.29) is 11.6 Å². The Morgan fingerprint density at radius 2 is 1.92 bits per heavy atom. The molecule has 4 rings (SSSR count). The Hall–Kier alpha value is -2.31. The van der Waals surface area contributed by atoms with Gasteiger partial charge in [-0.25, -0.2) is 9.67 Å². The molecule has 6 heteroatoms. The van der Waals surface area contributed by atoms with Gasteiger partial charge in [-0.3, -0.25) is 4.79 Å². The Morgan fingerprint density at radius 3 is 2.62 bits per heavy atom. The van der Waals surface area contributed by atoms with Gasteiger partial charge in [0, 0.05) is 0 Å². The first-order valence-corrected chi connectivity index (χ1v) is 9.33. The van der Waals surface area contributed by atoms with Crippen molar-refractivity contribution in [1.82, 2.24) is 14.8 Å². The molecule has 1 aromatic carbocycles. The van der Waals surface area contributed by atoms with Gasteiger partial charge in [0.05, 0.1) is 20.6 Å². The van der Waals surface area contributed by atoms with Crippen molar-refractivity contribution in [2.24, 2.45) is 0 Å². The van der Waals surface area contributed by atoms with Gasteiger partial charge in [-0.05, 0) is 30.9 Å². The molecule has 0 N–H and O–H groups in total. The fourth-order valence-electron chi connectivity index (χ4n) is 2.75. The molecule has 0 bridgehead atoms. The molecule has 1 unspecified atom stereocenters. The van der Waals surface area contributed by atoms with Crippen LogP contribution in [0.5, 0.6) is 0 Å². The van der Waals surface area contributed by atoms with Crippen LogP contribution in [-0.2, 0) is 0 Å². The van der Waals surface area contributed by atoms with E-state index in [2.05, 4.69) is 4.98 Å². The number of aryl methyl sites for hydroxylation is 1. The highest BCUT2D eigenvalue weighted by molar-refractivity contribution is 7.20. The van der Waals surface area contributed by atoms with Gasteiger partial charge in [0.2, 0.25) is 0 Å². The van der Waals surface area contributed by atoms with E-state index >= 15 is 0 Å². The van der Waals surface area contributed by atoms with Crippen molar-refractivity contribution in [3.8, 4) is 10.6 Å². The zero-order valence-electron chi connectivity index (χ0n) is 13.3. The summed E-state index contributed by atoms with van der Waals surface area (Å²) in [5, 5.41) is 7.62. The van der Waals surface area contributed by atoms with Crippen molar-refractivity contribution in [3.63, 3.8) is 0 Å². The highest BCUT2D eigenvalue weighted by Crippen LogP contribution is 2.32. The highest BCUT2D eigenvalue weighted by atomic mass is 32.1. The fourth-order valence-corrected chi connectivity index (χ4v) is 4.44. The quantitative estimate of drug-likeness (QED) is 0.545. The van der Waals surface area contributed by atoms with Crippen LogP contribution in [0, 0.1) is 6.92 Å². The minimum absolute atomic E-state index is 0.133. The SMILES string of the molecule is Cc1nc2c(=O)n(C(C)c3ccccc3)nc(-c3cccs3)c2s1. The molecule has 0 spiro atoms. The lowest BCUT2D eigenvalue weighted by molar-refractivity contribution is 0.539. The van der Waals surface area contributed by atoms with Crippen LogP contribution in [0.1, 0.15) is 23.5 Å². The van der Waals surface area contributed by atoms with Gasteiger partial charge >= 0.3 is 0 Å². The van der Waals surface area contributed by atoms with E-state index < -0.39 is 0 Å². The zero-order valence-corrected chi connectivity index (χ0v) is 14.9. The summed E-state index contributed by atoms with van der Waals surface area (Å²) in [6.07, 6.45) is 0. The average Bonchev–Trinajstić information content (AvgIpc) is 3.25. The maximum Gasteiger partial charge on any atom is 0.294 e. The largest absolute Gasteiger partial charge is 0.294 e. The summed E-state index contributed by atoms with van der Waals surface area (Å²) in [5.41, 5.74) is 2.27. The third-order valence-corrected chi connectivity index (χ3v) is 5.83. The summed E-state index contributed by atoms with van der Waals surface area (Å²) in [4.78, 5) is 18.4. The number of benzene rings is 1. The van der Waals surface area contributed by atoms with Gasteiger partial charge in [0.1, 0.15) is 5.69 Å². The van der Waals surface area contributed by atoms with Crippen LogP contribution in [0.4, 0.5) is 0 Å². The molecule has 24 heavy (non-hydrogen) atoms. The van der Waals surface area contributed by atoms with Gasteiger partial charge in [-0.2, -0.15) is 5.10 Å². The van der Waals surface area contributed by atoms with E-state index in [1.165, 1.54) is 11.3 Å². The summed E-state index contributed by atoms with van der Waals surface area (Å²) in [6, 6.07) is 13.8. The van der Waals surface area contributed by atoms with Crippen molar-refractivity contribution < 1.29 is 0 Å². The van der Waals surface area contributed by atoms with Crippen molar-refractivity contribution in [2.45, 2.75) is 19.9 Å². The number of thiazole rings is 1. The molecular weight excluding hydrogens is 338 g/mol. The summed E-state index contributed by atoms with van der Waals surface area (Å²) in [5.74, 6) is 0. The maximum atomic E-state index is 12.9. The Morgan fingerprint density at radius 1 is 1.12 bits per heavy atom. The lowest BCUT2D eigenvalue weighted by Gasteiger charge is -2.15. The standard InChI is InChI=1S/C18H15N3OS2/c1-11(13-7-4-3-5-8-13)21-18(22)16-17(24-12(2)19-16)15(20-21)14-9-6-10-23-14/h3-11H,1-2H3. The number of aromatic nitrogens is 3. The molecule has 0 aliphatic heterocycles. The molecule has 0 aliphatic carbocycles. The molecule has 4 aromatic rings. The van der Waals surface area contributed by atoms with E-state index in [0.29, 0.717) is 5.52 Å². The number of hydrogen-bond donors (Lipinski definition) is 0. The number of nitrogens with zero attached hydrogens (tertiary/aromatic N) is 3. The van der Waals surface area contributed by atoms with E-state index in [9.17, 15) is 4.79 Å². The van der Waals surface area contributed by atoms with Crippen LogP contribution in [0.2, 0.25) is 0 Å². The van der Waals surface area contributed by atoms with Gasteiger partial charge in [-0.15, -0.1) is 22.7 Å². The Balaban J connectivity index is 2.00. The Kier molecular flexibility index (Phi) is 3.78. The molecule has 0 aliphatic rings. The van der Waals surface area contributed by atoms with Crippen LogP contribution in [0.25, 0.3) is 20.8 Å². The first-order chi connectivity index (χ1) is 11.6. The molecule has 3 aromatic heterocycles. The third-order valence-electron chi connectivity index (χ3n) is 3.97. The topological polar surface area (TPSA) is 47.8 Å². The van der Waals surface area contributed by atoms with E-state index in [1.54, 1.807) is 16.0 Å². The second-order valence-corrected chi connectivity index (χ2v) is 7.72. The normalized spacial score (nSPS) is 12.6. The Labute approximate surface area is 147 Å². The first kappa shape index (κ1) is 15.2. The van der Waals surface area contributed by atoms with Crippen LogP contribution >= 0.6 is 22.7 Å². The molecule has 0 amide bonds. The van der Waals surface area contributed by atoms with Crippen molar-refractivity contribution in [3.05, 3.63) is 68.8 Å². The van der Waals surface area contributed by atoms with Crippen LogP contribution in [0.15, 0.2) is 52.6 Å². The fraction of sp³-hybridized carbons (Fsp3) is 0.167. The van der Waals surface area contributed by atoms with E-state index in [1.807, 2.05) is 61.7 Å². The van der Waals surface area contributed by atoms with Gasteiger partial charge in [0.15, 0.2) is 5.52 Å². The predicted octanol–water partition coefficient (Wildman–Crippen LogP) is 4.50. The molecular formula is C18H15N3OS2. The lowest BCUT2D eigenvalue weighted by atomic mass is 10.1. The summed E-state index contributed by atoms with van der Waals surface area (Å²) < 4.78 is 2.43.